The number of carbonyl (C=O) groups excluding carboxylic acids is 2. The second kappa shape index (κ2) is 9.88. The second-order valence-electron chi connectivity index (χ2n) is 6.76. The molecule has 134 valence electrons. The van der Waals surface area contributed by atoms with Crippen molar-refractivity contribution < 1.29 is 9.59 Å². The van der Waals surface area contributed by atoms with Crippen molar-refractivity contribution in [1.82, 2.24) is 14.7 Å². The zero-order valence-corrected chi connectivity index (χ0v) is 15.3. The van der Waals surface area contributed by atoms with E-state index in [1.54, 1.807) is 0 Å². The van der Waals surface area contributed by atoms with E-state index in [2.05, 4.69) is 18.7 Å². The lowest BCUT2D eigenvalue weighted by atomic mass is 10.0. The van der Waals surface area contributed by atoms with Gasteiger partial charge < -0.3 is 15.5 Å². The molecule has 1 rings (SSSR count). The zero-order chi connectivity index (χ0) is 17.4. The van der Waals surface area contributed by atoms with Crippen molar-refractivity contribution in [2.75, 3.05) is 45.8 Å². The zero-order valence-electron chi connectivity index (χ0n) is 15.3. The van der Waals surface area contributed by atoms with Crippen LogP contribution in [0.15, 0.2) is 0 Å². The molecule has 0 bridgehead atoms. The van der Waals surface area contributed by atoms with Gasteiger partial charge in [-0.05, 0) is 32.6 Å². The van der Waals surface area contributed by atoms with Gasteiger partial charge in [-0.25, -0.2) is 0 Å². The molecule has 0 aliphatic carbocycles. The fourth-order valence-corrected chi connectivity index (χ4v) is 3.06. The largest absolute Gasteiger partial charge is 0.342 e. The van der Waals surface area contributed by atoms with Gasteiger partial charge in [0, 0.05) is 39.3 Å². The molecule has 6 nitrogen and oxygen atoms in total. The van der Waals surface area contributed by atoms with Crippen molar-refractivity contribution in [3.8, 4) is 0 Å². The first kappa shape index (κ1) is 19.9. The number of likely N-dealkylation sites (N-methyl/N-ethyl adjacent to an activating group) is 1. The van der Waals surface area contributed by atoms with E-state index in [0.717, 1.165) is 45.6 Å². The highest BCUT2D eigenvalue weighted by atomic mass is 16.2. The van der Waals surface area contributed by atoms with Crippen LogP contribution in [0.3, 0.4) is 0 Å². The summed E-state index contributed by atoms with van der Waals surface area (Å²) < 4.78 is 0. The summed E-state index contributed by atoms with van der Waals surface area (Å²) >= 11 is 0. The number of carbonyl (C=O) groups is 2. The number of hydrogen-bond acceptors (Lipinski definition) is 4. The van der Waals surface area contributed by atoms with Crippen molar-refractivity contribution >= 4 is 11.8 Å². The van der Waals surface area contributed by atoms with Gasteiger partial charge in [0.2, 0.25) is 11.8 Å². The molecule has 1 heterocycles. The van der Waals surface area contributed by atoms with Crippen molar-refractivity contribution in [3.05, 3.63) is 0 Å². The molecule has 1 fully saturated rings. The third-order valence-electron chi connectivity index (χ3n) is 4.42. The summed E-state index contributed by atoms with van der Waals surface area (Å²) in [5, 5.41) is 0. The number of nitrogens with zero attached hydrogens (tertiary/aromatic N) is 3. The standard InChI is InChI=1S/C17H34N4O2/c1-5-20(6-2)16(22)13-19-8-7-9-21(11-10-19)17(23)15(18)12-14(3)4/h14-15H,5-13,18H2,1-4H3/t15-/m0/s1. The minimum Gasteiger partial charge on any atom is -0.342 e. The van der Waals surface area contributed by atoms with Gasteiger partial charge in [0.25, 0.3) is 0 Å². The Balaban J connectivity index is 2.50. The van der Waals surface area contributed by atoms with Crippen molar-refractivity contribution in [1.29, 1.82) is 0 Å². The van der Waals surface area contributed by atoms with E-state index in [0.29, 0.717) is 19.0 Å². The first-order chi connectivity index (χ1) is 10.9. The number of amides is 2. The normalized spacial score (nSPS) is 17.9. The molecular formula is C17H34N4O2. The fourth-order valence-electron chi connectivity index (χ4n) is 3.06. The molecule has 6 heteroatoms. The molecule has 1 atom stereocenters. The summed E-state index contributed by atoms with van der Waals surface area (Å²) in [7, 11) is 0. The first-order valence-corrected chi connectivity index (χ1v) is 8.93. The molecule has 0 aromatic heterocycles. The highest BCUT2D eigenvalue weighted by Gasteiger charge is 2.25. The molecule has 1 aliphatic heterocycles. The Kier molecular flexibility index (Phi) is 8.55. The minimum absolute atomic E-state index is 0.0515. The van der Waals surface area contributed by atoms with Crippen molar-refractivity contribution in [3.63, 3.8) is 0 Å². The summed E-state index contributed by atoms with van der Waals surface area (Å²) in [5.41, 5.74) is 6.03. The average Bonchev–Trinajstić information content (AvgIpc) is 2.72. The topological polar surface area (TPSA) is 69.9 Å². The Labute approximate surface area is 141 Å². The van der Waals surface area contributed by atoms with Crippen molar-refractivity contribution in [2.24, 2.45) is 11.7 Å². The van der Waals surface area contributed by atoms with Crippen LogP contribution < -0.4 is 5.73 Å². The van der Waals surface area contributed by atoms with E-state index in [-0.39, 0.29) is 11.8 Å². The summed E-state index contributed by atoms with van der Waals surface area (Å²) in [4.78, 5) is 30.5. The van der Waals surface area contributed by atoms with Gasteiger partial charge in [0.1, 0.15) is 0 Å². The molecule has 0 saturated carbocycles. The molecular weight excluding hydrogens is 292 g/mol. The van der Waals surface area contributed by atoms with Gasteiger partial charge in [-0.15, -0.1) is 0 Å². The molecule has 23 heavy (non-hydrogen) atoms. The van der Waals surface area contributed by atoms with E-state index in [1.807, 2.05) is 23.6 Å². The van der Waals surface area contributed by atoms with Crippen LogP contribution >= 0.6 is 0 Å². The molecule has 0 aromatic carbocycles. The molecule has 0 radical (unpaired) electrons. The third kappa shape index (κ3) is 6.47. The Morgan fingerprint density at radius 3 is 2.30 bits per heavy atom. The summed E-state index contributed by atoms with van der Waals surface area (Å²) in [6.07, 6.45) is 1.62. The Morgan fingerprint density at radius 1 is 1.09 bits per heavy atom. The Morgan fingerprint density at radius 2 is 1.74 bits per heavy atom. The molecule has 2 amide bonds. The van der Waals surface area contributed by atoms with Crippen molar-refractivity contribution in [2.45, 2.75) is 46.6 Å². The van der Waals surface area contributed by atoms with Crippen LogP contribution in [0.5, 0.6) is 0 Å². The summed E-state index contributed by atoms with van der Waals surface area (Å²) in [6.45, 7) is 13.1. The number of hydrogen-bond donors (Lipinski definition) is 1. The van der Waals surface area contributed by atoms with Crippen LogP contribution in [0.4, 0.5) is 0 Å². The number of rotatable bonds is 7. The molecule has 0 aromatic rings. The highest BCUT2D eigenvalue weighted by molar-refractivity contribution is 5.81. The quantitative estimate of drug-likeness (QED) is 0.750. The maximum absolute atomic E-state index is 12.4. The van der Waals surface area contributed by atoms with E-state index < -0.39 is 6.04 Å². The predicted octanol–water partition coefficient (Wildman–Crippen LogP) is 0.763. The van der Waals surface area contributed by atoms with Gasteiger partial charge in [0.05, 0.1) is 12.6 Å². The van der Waals surface area contributed by atoms with Crippen LogP contribution in [-0.4, -0.2) is 78.4 Å². The lowest BCUT2D eigenvalue weighted by Gasteiger charge is -2.26. The fraction of sp³-hybridized carbons (Fsp3) is 0.882. The van der Waals surface area contributed by atoms with Crippen LogP contribution in [-0.2, 0) is 9.59 Å². The van der Waals surface area contributed by atoms with Gasteiger partial charge in [-0.1, -0.05) is 13.8 Å². The smallest absolute Gasteiger partial charge is 0.239 e. The lowest BCUT2D eigenvalue weighted by Crippen LogP contribution is -2.46. The van der Waals surface area contributed by atoms with E-state index >= 15 is 0 Å². The van der Waals surface area contributed by atoms with Gasteiger partial charge in [-0.2, -0.15) is 0 Å². The van der Waals surface area contributed by atoms with Crippen LogP contribution in [0.2, 0.25) is 0 Å². The molecule has 1 aliphatic rings. The maximum Gasteiger partial charge on any atom is 0.239 e. The van der Waals surface area contributed by atoms with Crippen LogP contribution in [0, 0.1) is 5.92 Å². The molecule has 1 saturated heterocycles. The Bertz CT molecular complexity index is 383. The Hall–Kier alpha value is -1.14. The SMILES string of the molecule is CCN(CC)C(=O)CN1CCCN(C(=O)[C@@H](N)CC(C)C)CC1. The monoisotopic (exact) mass is 326 g/mol. The van der Waals surface area contributed by atoms with Gasteiger partial charge in [-0.3, -0.25) is 14.5 Å². The van der Waals surface area contributed by atoms with Crippen LogP contribution in [0.25, 0.3) is 0 Å². The third-order valence-corrected chi connectivity index (χ3v) is 4.42. The minimum atomic E-state index is -0.404. The average molecular weight is 326 g/mol. The van der Waals surface area contributed by atoms with Gasteiger partial charge in [0.15, 0.2) is 0 Å². The van der Waals surface area contributed by atoms with E-state index in [1.165, 1.54) is 0 Å². The van der Waals surface area contributed by atoms with Crippen LogP contribution in [0.1, 0.15) is 40.5 Å². The predicted molar refractivity (Wildman–Crippen MR) is 93.0 cm³/mol. The number of nitrogens with two attached hydrogens (primary N) is 1. The summed E-state index contributed by atoms with van der Waals surface area (Å²) in [5.74, 6) is 0.644. The molecule has 2 N–H and O–H groups in total. The molecule has 0 spiro atoms. The highest BCUT2D eigenvalue weighted by Crippen LogP contribution is 2.09. The van der Waals surface area contributed by atoms with Gasteiger partial charge >= 0.3 is 0 Å². The second-order valence-corrected chi connectivity index (χ2v) is 6.76. The lowest BCUT2D eigenvalue weighted by molar-refractivity contribution is -0.132. The van der Waals surface area contributed by atoms with E-state index in [9.17, 15) is 9.59 Å². The first-order valence-electron chi connectivity index (χ1n) is 8.93. The molecule has 0 unspecified atom stereocenters. The van der Waals surface area contributed by atoms with E-state index in [4.69, 9.17) is 5.73 Å². The summed E-state index contributed by atoms with van der Waals surface area (Å²) in [6, 6.07) is -0.404. The maximum atomic E-state index is 12.4.